The third kappa shape index (κ3) is 37.1. The Kier molecular flexibility index (Phi) is 39.1. The van der Waals surface area contributed by atoms with E-state index in [1.54, 1.807) is 78.9 Å². The molecule has 1 fully saturated rings. The number of anilines is 3. The fourth-order valence-corrected chi connectivity index (χ4v) is 13.4. The molecule has 130 heavy (non-hydrogen) atoms. The summed E-state index contributed by atoms with van der Waals surface area (Å²) in [5, 5.41) is 23.1. The van der Waals surface area contributed by atoms with Crippen molar-refractivity contribution in [2.24, 2.45) is 0 Å². The SMILES string of the molecule is FC(F)(F)C1CO1.Fc1cccc(C2CCc3c(cccc3-c3cccc(OC(F)(F)F)c3)N2)c1.O=[S-](=O)OC(F)(F)F.O=[S-](=O)OC(F)(F)F.O=[S-](=O)OC(F)(F)F.OC(CN1c2cccc(-c3cccc(OC(F)(F)F)c3)c2CCC1c1cccc(F)c1)C(F)(F)F.OC(CN1c2cccc(-c3cccc(OC(F)(F)F)c3)c2CCC1c1cccc(F)c1)C(F)(F)F.[Yb+3]. The summed E-state index contributed by atoms with van der Waals surface area (Å²) >= 11 is 0. The largest absolute Gasteiger partial charge is 3.00 e. The number of aliphatic hydroxyl groups is 2. The van der Waals surface area contributed by atoms with Gasteiger partial charge < -0.3 is 82.1 Å². The minimum absolute atomic E-state index is 0. The number of nitrogens with one attached hydrogen (secondary N) is 1. The summed E-state index contributed by atoms with van der Waals surface area (Å²) in [5.41, 5.74) is 9.05. The normalized spacial score (nSPS) is 16.7. The molecule has 0 amide bonds. The summed E-state index contributed by atoms with van der Waals surface area (Å²) in [6.07, 6.45) is -47.5. The maximum atomic E-state index is 13.9. The molecular weight excluding hydrogens is 2060 g/mol. The average Bonchev–Trinajstić information content (AvgIpc) is 1.04. The van der Waals surface area contributed by atoms with E-state index in [0.717, 1.165) is 47.4 Å². The molecule has 4 heterocycles. The zero-order valence-electron chi connectivity index (χ0n) is 64.3. The average molecular weight is 2120 g/mol. The van der Waals surface area contributed by atoms with E-state index in [2.05, 4.69) is 36.8 Å². The van der Waals surface area contributed by atoms with E-state index in [0.29, 0.717) is 87.1 Å². The number of hydrogen-bond donors (Lipinski definition) is 3. The number of fused-ring (bicyclic) bond motifs is 3. The third-order valence-electron chi connectivity index (χ3n) is 17.7. The molecule has 0 spiro atoms. The van der Waals surface area contributed by atoms with Crippen LogP contribution in [0.2, 0.25) is 0 Å². The molecule has 719 valence electrons. The van der Waals surface area contributed by atoms with Crippen molar-refractivity contribution in [2.75, 3.05) is 34.8 Å². The van der Waals surface area contributed by atoms with Gasteiger partial charge in [0.25, 0.3) is 0 Å². The Labute approximate surface area is 758 Å². The molecule has 0 saturated carbocycles. The number of ether oxygens (including phenoxy) is 4. The fraction of sp³-hybridized carbons (Fsp3) is 0.308. The molecular formula is C78H60F30N3O15S3Yb. The van der Waals surface area contributed by atoms with Gasteiger partial charge in [-0.15, -0.1) is 79.0 Å². The van der Waals surface area contributed by atoms with E-state index in [-0.39, 0.29) is 71.1 Å². The van der Waals surface area contributed by atoms with Gasteiger partial charge in [0, 0.05) is 17.1 Å². The fourth-order valence-electron chi connectivity index (χ4n) is 12.9. The predicted molar refractivity (Wildman–Crippen MR) is 394 cm³/mol. The molecule has 4 aliphatic rings. The molecule has 0 aromatic heterocycles. The summed E-state index contributed by atoms with van der Waals surface area (Å²) < 4.78 is 442. The van der Waals surface area contributed by atoms with Crippen molar-refractivity contribution in [1.82, 2.24) is 0 Å². The summed E-state index contributed by atoms with van der Waals surface area (Å²) in [6, 6.07) is 48.2. The van der Waals surface area contributed by atoms with Crippen molar-refractivity contribution < 1.29 is 246 Å². The molecule has 3 N–H and O–H groups in total. The van der Waals surface area contributed by atoms with Crippen LogP contribution in [0.25, 0.3) is 33.4 Å². The zero-order valence-corrected chi connectivity index (χ0v) is 68.5. The van der Waals surface area contributed by atoms with Crippen LogP contribution in [0, 0.1) is 64.4 Å². The Bertz CT molecular complexity index is 5160. The van der Waals surface area contributed by atoms with Gasteiger partial charge >= 0.3 is 104 Å². The van der Waals surface area contributed by atoms with E-state index in [4.69, 9.17) is 25.3 Å². The molecule has 0 aliphatic carbocycles. The standard InChI is InChI=1S/2C25H20F7NO2.C22H17F4NO.C3H3F3O.3CF3O3S.Yb/c2*26-17-6-1-5-16(12-17)21-11-10-20-19(15-4-2-7-18(13-15)35-25(30,31)32)8-3-9-22(20)33(21)14-23(34)24(27,28)29;23-16-6-1-5-15(12-16)20-11-10-19-18(8-3-9-21(19)27-20)14-4-2-7-17(13-14)28-22(24,25)26;4-3(5,6)2-1-7-2;3*2-1(3,4)7-8(5)6;/h2*1-9,12-13,21,23,34H,10-11,14H2;1-9,12-13,20,27H,10-11H2;2H,1H2;;;;/q;;;;3*-1;+3. The maximum Gasteiger partial charge on any atom is 3.00 e. The van der Waals surface area contributed by atoms with Crippen LogP contribution >= 0.6 is 0 Å². The monoisotopic (exact) mass is 2120 g/mol. The Hall–Kier alpha value is -9.19. The number of hydrogen-bond acceptors (Lipinski definition) is 21. The molecule has 0 bridgehead atoms. The van der Waals surface area contributed by atoms with E-state index < -0.39 is 156 Å². The van der Waals surface area contributed by atoms with Crippen molar-refractivity contribution in [1.29, 1.82) is 0 Å². The van der Waals surface area contributed by atoms with Crippen molar-refractivity contribution in [3.63, 3.8) is 0 Å². The van der Waals surface area contributed by atoms with Crippen molar-refractivity contribution in [3.8, 4) is 50.6 Å². The number of β-amino-alcohol motifs (C(OH)–C–C–N with tert-alkyl or cyclic N) is 2. The van der Waals surface area contributed by atoms with Gasteiger partial charge in [0.15, 0.2) is 18.3 Å². The van der Waals surface area contributed by atoms with Crippen LogP contribution in [-0.4, -0.2) is 105 Å². The van der Waals surface area contributed by atoms with E-state index >= 15 is 0 Å². The topological polar surface area (TPSA) is 229 Å². The van der Waals surface area contributed by atoms with Gasteiger partial charge in [0.2, 0.25) is 0 Å². The second kappa shape index (κ2) is 46.5. The first-order valence-corrected chi connectivity index (χ1v) is 38.8. The van der Waals surface area contributed by atoms with E-state index in [1.807, 2.05) is 24.3 Å². The summed E-state index contributed by atoms with van der Waals surface area (Å²) in [4.78, 5) is 2.76. The Balaban J connectivity index is 0.000000257. The van der Waals surface area contributed by atoms with Gasteiger partial charge in [-0.25, -0.2) is 13.2 Å². The van der Waals surface area contributed by atoms with Crippen LogP contribution < -0.4 is 29.3 Å². The second-order valence-corrected chi connectivity index (χ2v) is 28.4. The molecule has 52 heteroatoms. The number of rotatable bonds is 16. The minimum atomic E-state index is -5.09. The number of aliphatic hydroxyl groups excluding tert-OH is 2. The van der Waals surface area contributed by atoms with Crippen LogP contribution in [-0.2, 0) is 94.8 Å². The summed E-state index contributed by atoms with van der Waals surface area (Å²) in [7, 11) is -10.5. The smallest absolute Gasteiger partial charge is 0.406 e. The number of epoxide rings is 1. The molecule has 13 rings (SSSR count). The van der Waals surface area contributed by atoms with Crippen LogP contribution in [0.4, 0.5) is 149 Å². The Morgan fingerprint density at radius 2 is 0.662 bits per heavy atom. The van der Waals surface area contributed by atoms with Gasteiger partial charge in [-0.05, 0) is 196 Å². The van der Waals surface area contributed by atoms with Gasteiger partial charge in [-0.1, -0.05) is 109 Å². The van der Waals surface area contributed by atoms with Crippen LogP contribution in [0.15, 0.2) is 200 Å². The first kappa shape index (κ1) is 110. The second-order valence-electron chi connectivity index (χ2n) is 26.7. The van der Waals surface area contributed by atoms with Crippen LogP contribution in [0.3, 0.4) is 0 Å². The molecule has 4 aliphatic heterocycles. The number of benzene rings is 9. The van der Waals surface area contributed by atoms with Crippen LogP contribution in [0.5, 0.6) is 17.2 Å². The van der Waals surface area contributed by atoms with Gasteiger partial charge in [-0.2, -0.15) is 39.5 Å². The number of alkyl halides is 27. The van der Waals surface area contributed by atoms with Crippen LogP contribution in [0.1, 0.15) is 70.8 Å². The van der Waals surface area contributed by atoms with Gasteiger partial charge in [-0.3, -0.25) is 0 Å². The van der Waals surface area contributed by atoms with Crippen molar-refractivity contribution in [3.05, 3.63) is 251 Å². The maximum absolute atomic E-state index is 13.9. The first-order chi connectivity index (χ1) is 59.6. The Morgan fingerprint density at radius 1 is 0.369 bits per heavy atom. The molecule has 18 nitrogen and oxygen atoms in total. The zero-order chi connectivity index (χ0) is 96.3. The first-order valence-electron chi connectivity index (χ1n) is 35.8. The van der Waals surface area contributed by atoms with Gasteiger partial charge in [0.1, 0.15) is 34.7 Å². The molecule has 1 radical (unpaired) electrons. The van der Waals surface area contributed by atoms with E-state index in [1.165, 1.54) is 94.7 Å². The Morgan fingerprint density at radius 3 is 0.938 bits per heavy atom. The summed E-state index contributed by atoms with van der Waals surface area (Å²) in [5.74, 6) is -2.46. The van der Waals surface area contributed by atoms with Crippen molar-refractivity contribution >= 4 is 50.0 Å². The molecule has 6 atom stereocenters. The summed E-state index contributed by atoms with van der Waals surface area (Å²) in [6.45, 7) is -1.74. The van der Waals surface area contributed by atoms with Crippen molar-refractivity contribution in [2.45, 2.75) is 132 Å². The molecule has 9 aromatic carbocycles. The number of nitrogens with zero attached hydrogens (tertiary/aromatic N) is 2. The minimum Gasteiger partial charge on any atom is -0.406 e. The quantitative estimate of drug-likeness (QED) is 0.0464. The third-order valence-corrected chi connectivity index (χ3v) is 18.7. The number of halogens is 30. The molecule has 6 unspecified atom stereocenters. The molecule has 9 aromatic rings. The van der Waals surface area contributed by atoms with E-state index in [9.17, 15) is 142 Å². The van der Waals surface area contributed by atoms with Gasteiger partial charge in [0.05, 0.1) is 70.8 Å². The molecule has 1 saturated heterocycles. The predicted octanol–water partition coefficient (Wildman–Crippen LogP) is 23.3.